The third-order valence-electron chi connectivity index (χ3n) is 4.40. The van der Waals surface area contributed by atoms with E-state index in [0.717, 1.165) is 49.9 Å². The second kappa shape index (κ2) is 7.36. The molecule has 1 aromatic heterocycles. The van der Waals surface area contributed by atoms with E-state index in [-0.39, 0.29) is 5.97 Å². The number of hydrogen-bond acceptors (Lipinski definition) is 3. The molecule has 4 nitrogen and oxygen atoms in total. The number of carbonyl (C=O) groups excluding carboxylic acids is 1. The van der Waals surface area contributed by atoms with E-state index in [1.807, 2.05) is 13.0 Å². The Bertz CT molecular complexity index is 715. The summed E-state index contributed by atoms with van der Waals surface area (Å²) in [6, 6.07) is 8.34. The highest BCUT2D eigenvalue weighted by molar-refractivity contribution is 5.89. The largest absolute Gasteiger partial charge is 0.463 e. The predicted octanol–water partition coefficient (Wildman–Crippen LogP) is 3.69. The van der Waals surface area contributed by atoms with Crippen molar-refractivity contribution in [2.75, 3.05) is 13.2 Å². The number of fused-ring (bicyclic) bond motifs is 1. The second-order valence-electron chi connectivity index (χ2n) is 5.92. The Labute approximate surface area is 136 Å². The van der Waals surface area contributed by atoms with Crippen LogP contribution in [0.3, 0.4) is 0 Å². The Hall–Kier alpha value is -2.23. The van der Waals surface area contributed by atoms with Crippen molar-refractivity contribution in [2.24, 2.45) is 0 Å². The Balaban J connectivity index is 1.65. The number of esters is 1. The van der Waals surface area contributed by atoms with Crippen LogP contribution in [0.4, 0.5) is 0 Å². The summed E-state index contributed by atoms with van der Waals surface area (Å²) >= 11 is 0. The van der Waals surface area contributed by atoms with Gasteiger partial charge in [-0.25, -0.2) is 4.79 Å². The predicted molar refractivity (Wildman–Crippen MR) is 92.1 cm³/mol. The first-order valence-corrected chi connectivity index (χ1v) is 8.47. The first kappa shape index (κ1) is 15.7. The summed E-state index contributed by atoms with van der Waals surface area (Å²) in [5, 5.41) is 4.75. The van der Waals surface area contributed by atoms with Gasteiger partial charge in [-0.2, -0.15) is 0 Å². The number of para-hydroxylation sites is 1. The molecule has 0 atom stereocenters. The van der Waals surface area contributed by atoms with Crippen molar-refractivity contribution in [1.29, 1.82) is 0 Å². The van der Waals surface area contributed by atoms with Gasteiger partial charge in [-0.15, -0.1) is 0 Å². The number of aromatic nitrogens is 1. The Morgan fingerprint density at radius 3 is 2.96 bits per heavy atom. The topological polar surface area (TPSA) is 54.1 Å². The molecule has 0 radical (unpaired) electrons. The minimum atomic E-state index is -0.151. The molecule has 0 bridgehead atoms. The maximum Gasteiger partial charge on any atom is 0.335 e. The second-order valence-corrected chi connectivity index (χ2v) is 5.92. The van der Waals surface area contributed by atoms with E-state index in [4.69, 9.17) is 4.74 Å². The Kier molecular flexibility index (Phi) is 5.01. The molecule has 0 fully saturated rings. The highest BCUT2D eigenvalue weighted by Crippen LogP contribution is 2.24. The number of nitrogens with one attached hydrogen (secondary N) is 2. The fourth-order valence-corrected chi connectivity index (χ4v) is 3.23. The standard InChI is InChI=1S/C19H24N2O2/c1-2-23-19(22)16-8-4-6-10-18(16)20-12-11-14-13-21-17-9-5-3-7-15(14)17/h3,5,7,9,13,20-21H,2,4,6,8,10-12H2,1H3. The van der Waals surface area contributed by atoms with Gasteiger partial charge in [-0.1, -0.05) is 18.2 Å². The van der Waals surface area contributed by atoms with Gasteiger partial charge in [-0.3, -0.25) is 0 Å². The number of ether oxygens (including phenoxy) is 1. The lowest BCUT2D eigenvalue weighted by molar-refractivity contribution is -0.138. The van der Waals surface area contributed by atoms with Crippen LogP contribution in [0.2, 0.25) is 0 Å². The Morgan fingerprint density at radius 2 is 2.09 bits per heavy atom. The fraction of sp³-hybridized carbons (Fsp3) is 0.421. The van der Waals surface area contributed by atoms with E-state index in [2.05, 4.69) is 34.7 Å². The fourth-order valence-electron chi connectivity index (χ4n) is 3.23. The molecule has 0 saturated carbocycles. The summed E-state index contributed by atoms with van der Waals surface area (Å²) in [4.78, 5) is 15.4. The van der Waals surface area contributed by atoms with Gasteiger partial charge >= 0.3 is 5.97 Å². The lowest BCUT2D eigenvalue weighted by Gasteiger charge is -2.20. The maximum atomic E-state index is 12.1. The van der Waals surface area contributed by atoms with Crippen LogP contribution >= 0.6 is 0 Å². The molecule has 0 aliphatic heterocycles. The highest BCUT2D eigenvalue weighted by Gasteiger charge is 2.19. The molecule has 0 spiro atoms. The zero-order valence-corrected chi connectivity index (χ0v) is 13.7. The van der Waals surface area contributed by atoms with E-state index in [1.165, 1.54) is 16.5 Å². The molecule has 1 aliphatic rings. The summed E-state index contributed by atoms with van der Waals surface area (Å²) in [7, 11) is 0. The maximum absolute atomic E-state index is 12.1. The molecule has 2 aromatic rings. The number of carbonyl (C=O) groups is 1. The monoisotopic (exact) mass is 312 g/mol. The van der Waals surface area contributed by atoms with Crippen molar-refractivity contribution in [3.8, 4) is 0 Å². The molecule has 2 N–H and O–H groups in total. The molecule has 1 heterocycles. The van der Waals surface area contributed by atoms with E-state index in [0.29, 0.717) is 6.61 Å². The quantitative estimate of drug-likeness (QED) is 0.800. The van der Waals surface area contributed by atoms with Gasteiger partial charge < -0.3 is 15.0 Å². The van der Waals surface area contributed by atoms with Gasteiger partial charge in [0.1, 0.15) is 0 Å². The van der Waals surface area contributed by atoms with Crippen LogP contribution < -0.4 is 5.32 Å². The highest BCUT2D eigenvalue weighted by atomic mass is 16.5. The van der Waals surface area contributed by atoms with E-state index >= 15 is 0 Å². The molecule has 122 valence electrons. The van der Waals surface area contributed by atoms with Gasteiger partial charge in [0, 0.05) is 29.3 Å². The van der Waals surface area contributed by atoms with Gasteiger partial charge in [0.05, 0.1) is 12.2 Å². The van der Waals surface area contributed by atoms with E-state index in [9.17, 15) is 4.79 Å². The SMILES string of the molecule is CCOC(=O)C1=C(NCCc2c[nH]c3ccccc23)CCCC1. The normalized spacial score (nSPS) is 15.0. The van der Waals surface area contributed by atoms with Gasteiger partial charge in [0.15, 0.2) is 0 Å². The van der Waals surface area contributed by atoms with Crippen molar-refractivity contribution in [3.05, 3.63) is 47.3 Å². The summed E-state index contributed by atoms with van der Waals surface area (Å²) in [6.45, 7) is 3.12. The number of hydrogen-bond donors (Lipinski definition) is 2. The number of H-pyrrole nitrogens is 1. The van der Waals surface area contributed by atoms with Crippen LogP contribution in [0.1, 0.15) is 38.2 Å². The summed E-state index contributed by atoms with van der Waals surface area (Å²) in [6.07, 6.45) is 6.99. The van der Waals surface area contributed by atoms with Gasteiger partial charge in [-0.05, 0) is 50.7 Å². The lowest BCUT2D eigenvalue weighted by Crippen LogP contribution is -2.24. The summed E-state index contributed by atoms with van der Waals surface area (Å²) in [5.41, 5.74) is 4.40. The number of rotatable bonds is 6. The van der Waals surface area contributed by atoms with Crippen LogP contribution in [0.5, 0.6) is 0 Å². The third-order valence-corrected chi connectivity index (χ3v) is 4.40. The summed E-state index contributed by atoms with van der Waals surface area (Å²) < 4.78 is 5.18. The molecular weight excluding hydrogens is 288 g/mol. The van der Waals surface area contributed by atoms with Crippen LogP contribution in [0, 0.1) is 0 Å². The van der Waals surface area contributed by atoms with Crippen LogP contribution in [0.25, 0.3) is 10.9 Å². The first-order chi connectivity index (χ1) is 11.3. The average Bonchev–Trinajstić information content (AvgIpc) is 2.99. The molecular formula is C19H24N2O2. The molecule has 0 saturated heterocycles. The van der Waals surface area contributed by atoms with Gasteiger partial charge in [0.25, 0.3) is 0 Å². The number of allylic oxidation sites excluding steroid dienone is 1. The third kappa shape index (κ3) is 3.58. The zero-order valence-electron chi connectivity index (χ0n) is 13.7. The van der Waals surface area contributed by atoms with Crippen LogP contribution in [-0.2, 0) is 16.0 Å². The molecule has 4 heteroatoms. The number of benzene rings is 1. The van der Waals surface area contributed by atoms with Crippen molar-refractivity contribution < 1.29 is 9.53 Å². The first-order valence-electron chi connectivity index (χ1n) is 8.47. The molecule has 0 amide bonds. The molecule has 1 aliphatic carbocycles. The van der Waals surface area contributed by atoms with Crippen LogP contribution in [-0.4, -0.2) is 24.1 Å². The molecule has 1 aromatic carbocycles. The number of aromatic amines is 1. The average molecular weight is 312 g/mol. The minimum absolute atomic E-state index is 0.151. The zero-order chi connectivity index (χ0) is 16.1. The van der Waals surface area contributed by atoms with Crippen molar-refractivity contribution in [2.45, 2.75) is 39.0 Å². The minimum Gasteiger partial charge on any atom is -0.463 e. The molecule has 3 rings (SSSR count). The van der Waals surface area contributed by atoms with Crippen LogP contribution in [0.15, 0.2) is 41.7 Å². The van der Waals surface area contributed by atoms with E-state index in [1.54, 1.807) is 0 Å². The van der Waals surface area contributed by atoms with Crippen molar-refractivity contribution in [1.82, 2.24) is 10.3 Å². The molecule has 23 heavy (non-hydrogen) atoms. The lowest BCUT2D eigenvalue weighted by atomic mass is 9.96. The smallest absolute Gasteiger partial charge is 0.335 e. The van der Waals surface area contributed by atoms with E-state index < -0.39 is 0 Å². The van der Waals surface area contributed by atoms with Gasteiger partial charge in [0.2, 0.25) is 0 Å². The summed E-state index contributed by atoms with van der Waals surface area (Å²) in [5.74, 6) is -0.151. The molecule has 0 unspecified atom stereocenters. The van der Waals surface area contributed by atoms with Crippen molar-refractivity contribution in [3.63, 3.8) is 0 Å². The van der Waals surface area contributed by atoms with Crippen molar-refractivity contribution >= 4 is 16.9 Å². The Morgan fingerprint density at radius 1 is 1.26 bits per heavy atom.